The summed E-state index contributed by atoms with van der Waals surface area (Å²) in [5, 5.41) is 0. The van der Waals surface area contributed by atoms with Crippen molar-refractivity contribution in [2.24, 2.45) is 23.2 Å². The second-order valence-corrected chi connectivity index (χ2v) is 9.85. The van der Waals surface area contributed by atoms with E-state index >= 15 is 0 Å². The molecule has 0 aromatic carbocycles. The van der Waals surface area contributed by atoms with Crippen LogP contribution in [0.15, 0.2) is 73.4 Å². The maximum Gasteiger partial charge on any atom is 0.00873 e. The Labute approximate surface area is 187 Å². The van der Waals surface area contributed by atoms with E-state index in [1.165, 1.54) is 69.8 Å². The monoisotopic (exact) mass is 406 g/mol. The molecule has 0 aromatic rings. The Balaban J connectivity index is 1.82. The van der Waals surface area contributed by atoms with Gasteiger partial charge in [-0.15, -0.1) is 13.2 Å². The number of hydrogen-bond donors (Lipinski definition) is 0. The van der Waals surface area contributed by atoms with Gasteiger partial charge < -0.3 is 0 Å². The fraction of sp³-hybridized carbons (Fsp3) is 0.600. The minimum Gasteiger partial charge on any atom is -0.103 e. The van der Waals surface area contributed by atoms with Gasteiger partial charge in [0.1, 0.15) is 0 Å². The van der Waals surface area contributed by atoms with Gasteiger partial charge in [-0.3, -0.25) is 0 Å². The molecule has 166 valence electrons. The highest BCUT2D eigenvalue weighted by Crippen LogP contribution is 2.54. The average molecular weight is 407 g/mol. The third kappa shape index (κ3) is 8.66. The van der Waals surface area contributed by atoms with Crippen LogP contribution in [0, 0.1) is 23.2 Å². The number of unbranched alkanes of at least 4 members (excludes halogenated alkanes) is 4. The van der Waals surface area contributed by atoms with E-state index in [2.05, 4.69) is 70.0 Å². The van der Waals surface area contributed by atoms with Gasteiger partial charge in [0.2, 0.25) is 0 Å². The van der Waals surface area contributed by atoms with Crippen molar-refractivity contribution in [2.45, 2.75) is 90.9 Å². The Bertz CT molecular complexity index is 643. The molecule has 0 saturated heterocycles. The molecule has 2 saturated carbocycles. The number of allylic oxidation sites excluding steroid dienone is 9. The van der Waals surface area contributed by atoms with Gasteiger partial charge in [-0.05, 0) is 88.4 Å². The van der Waals surface area contributed by atoms with Crippen molar-refractivity contribution in [2.75, 3.05) is 0 Å². The van der Waals surface area contributed by atoms with Crippen LogP contribution in [0.5, 0.6) is 0 Å². The van der Waals surface area contributed by atoms with Crippen LogP contribution >= 0.6 is 0 Å². The Hall–Kier alpha value is -1.56. The van der Waals surface area contributed by atoms with E-state index < -0.39 is 0 Å². The summed E-state index contributed by atoms with van der Waals surface area (Å²) in [5.41, 5.74) is 3.42. The summed E-state index contributed by atoms with van der Waals surface area (Å²) in [6, 6.07) is 0. The van der Waals surface area contributed by atoms with Crippen molar-refractivity contribution in [1.29, 1.82) is 0 Å². The van der Waals surface area contributed by atoms with Gasteiger partial charge in [0.25, 0.3) is 0 Å². The smallest absolute Gasteiger partial charge is 0.00873 e. The highest BCUT2D eigenvalue weighted by Gasteiger charge is 2.45. The molecule has 0 aromatic heterocycles. The lowest BCUT2D eigenvalue weighted by molar-refractivity contribution is 0.468. The molecule has 2 fully saturated rings. The van der Waals surface area contributed by atoms with Crippen LogP contribution in [0.25, 0.3) is 0 Å². The molecule has 0 bridgehead atoms. The zero-order valence-electron chi connectivity index (χ0n) is 19.9. The first-order chi connectivity index (χ1) is 14.5. The van der Waals surface area contributed by atoms with E-state index in [9.17, 15) is 0 Å². The Morgan fingerprint density at radius 3 is 2.40 bits per heavy atom. The van der Waals surface area contributed by atoms with Crippen LogP contribution in [0.1, 0.15) is 90.9 Å². The molecule has 4 unspecified atom stereocenters. The largest absolute Gasteiger partial charge is 0.103 e. The van der Waals surface area contributed by atoms with Crippen molar-refractivity contribution in [3.63, 3.8) is 0 Å². The summed E-state index contributed by atoms with van der Waals surface area (Å²) in [5.74, 6) is 2.39. The van der Waals surface area contributed by atoms with Crippen LogP contribution in [-0.4, -0.2) is 0 Å². The standard InChI is InChI=1S/C30H46/c1-6-9-10-12-16-27(7-2)20-21-28(17-13-11-14-19-29-23-25(29)4)18-15-22-30(8-3)24-26(30)5/h6-8,15,19-20,22,25-26,28H,1-3,9-14,16-18,21,23-24H2,4-5H3. The van der Waals surface area contributed by atoms with Crippen molar-refractivity contribution in [3.8, 4) is 0 Å². The zero-order valence-corrected chi connectivity index (χ0v) is 19.9. The van der Waals surface area contributed by atoms with Crippen LogP contribution in [0.4, 0.5) is 0 Å². The van der Waals surface area contributed by atoms with Gasteiger partial charge in [0.05, 0.1) is 0 Å². The molecular weight excluding hydrogens is 360 g/mol. The first-order valence-electron chi connectivity index (χ1n) is 12.5. The topological polar surface area (TPSA) is 0 Å². The van der Waals surface area contributed by atoms with E-state index in [-0.39, 0.29) is 0 Å². The Morgan fingerprint density at radius 1 is 1.07 bits per heavy atom. The molecule has 0 spiro atoms. The number of rotatable bonds is 17. The molecule has 2 aliphatic carbocycles. The first kappa shape index (κ1) is 24.7. The fourth-order valence-electron chi connectivity index (χ4n) is 4.54. The minimum absolute atomic E-state index is 0.297. The summed E-state index contributed by atoms with van der Waals surface area (Å²) in [6.07, 6.45) is 31.2. The Morgan fingerprint density at radius 2 is 1.80 bits per heavy atom. The quantitative estimate of drug-likeness (QED) is 0.128. The lowest BCUT2D eigenvalue weighted by atomic mass is 9.91. The lowest BCUT2D eigenvalue weighted by Crippen LogP contribution is -2.00. The number of hydrogen-bond acceptors (Lipinski definition) is 0. The van der Waals surface area contributed by atoms with Gasteiger partial charge in [0.15, 0.2) is 0 Å². The Kier molecular flexibility index (Phi) is 10.7. The summed E-state index contributed by atoms with van der Waals surface area (Å²) >= 11 is 0. The molecule has 0 N–H and O–H groups in total. The van der Waals surface area contributed by atoms with Crippen LogP contribution in [-0.2, 0) is 0 Å². The lowest BCUT2D eigenvalue weighted by Gasteiger charge is -2.14. The van der Waals surface area contributed by atoms with Crippen molar-refractivity contribution in [1.82, 2.24) is 0 Å². The van der Waals surface area contributed by atoms with Gasteiger partial charge in [-0.2, -0.15) is 0 Å². The molecule has 30 heavy (non-hydrogen) atoms. The molecule has 0 amide bonds. The maximum absolute atomic E-state index is 4.07. The molecule has 0 nitrogen and oxygen atoms in total. The highest BCUT2D eigenvalue weighted by molar-refractivity contribution is 5.22. The van der Waals surface area contributed by atoms with Crippen molar-refractivity contribution < 1.29 is 0 Å². The van der Waals surface area contributed by atoms with Crippen molar-refractivity contribution in [3.05, 3.63) is 73.4 Å². The molecule has 0 heterocycles. The van der Waals surface area contributed by atoms with Crippen LogP contribution in [0.3, 0.4) is 0 Å². The van der Waals surface area contributed by atoms with Gasteiger partial charge in [0, 0.05) is 5.41 Å². The maximum atomic E-state index is 4.07. The molecule has 2 rings (SSSR count). The third-order valence-corrected chi connectivity index (χ3v) is 7.28. The fourth-order valence-corrected chi connectivity index (χ4v) is 4.54. The van der Waals surface area contributed by atoms with E-state index in [0.717, 1.165) is 30.6 Å². The van der Waals surface area contributed by atoms with Gasteiger partial charge >= 0.3 is 0 Å². The van der Waals surface area contributed by atoms with Crippen molar-refractivity contribution >= 4 is 0 Å². The predicted molar refractivity (Wildman–Crippen MR) is 136 cm³/mol. The summed E-state index contributed by atoms with van der Waals surface area (Å²) in [7, 11) is 0. The molecule has 4 atom stereocenters. The average Bonchev–Trinajstić information content (AvgIpc) is 3.63. The minimum atomic E-state index is 0.297. The van der Waals surface area contributed by atoms with E-state index in [0.29, 0.717) is 5.41 Å². The van der Waals surface area contributed by atoms with E-state index in [1.54, 1.807) is 5.57 Å². The molecule has 0 aliphatic heterocycles. The summed E-state index contributed by atoms with van der Waals surface area (Å²) in [6.45, 7) is 16.6. The SMILES string of the molecule is C=CCCCCC(C=C)=CCC(CC=CC1(C=C)CC1C)CCCCC=C1CC1C. The van der Waals surface area contributed by atoms with E-state index in [1.807, 2.05) is 6.08 Å². The molecule has 0 heteroatoms. The van der Waals surface area contributed by atoms with Gasteiger partial charge in [-0.1, -0.05) is 80.5 Å². The molecule has 0 radical (unpaired) electrons. The normalized spacial score (nSPS) is 27.9. The second-order valence-electron chi connectivity index (χ2n) is 9.85. The first-order valence-corrected chi connectivity index (χ1v) is 12.5. The predicted octanol–water partition coefficient (Wildman–Crippen LogP) is 9.54. The highest BCUT2D eigenvalue weighted by atomic mass is 14.5. The van der Waals surface area contributed by atoms with E-state index in [4.69, 9.17) is 0 Å². The van der Waals surface area contributed by atoms with Crippen LogP contribution < -0.4 is 0 Å². The molecular formula is C30H46. The summed E-state index contributed by atoms with van der Waals surface area (Å²) < 4.78 is 0. The second kappa shape index (κ2) is 13.0. The third-order valence-electron chi connectivity index (χ3n) is 7.28. The van der Waals surface area contributed by atoms with Crippen LogP contribution in [0.2, 0.25) is 0 Å². The summed E-state index contributed by atoms with van der Waals surface area (Å²) in [4.78, 5) is 0. The zero-order chi connectivity index (χ0) is 21.8. The van der Waals surface area contributed by atoms with Gasteiger partial charge in [-0.25, -0.2) is 0 Å². The molecule has 2 aliphatic rings.